The number of anilines is 2. The van der Waals surface area contributed by atoms with E-state index in [1.54, 1.807) is 35.1 Å². The van der Waals surface area contributed by atoms with Gasteiger partial charge >= 0.3 is 0 Å². The van der Waals surface area contributed by atoms with Crippen LogP contribution in [-0.4, -0.2) is 33.7 Å². The average Bonchev–Trinajstić information content (AvgIpc) is 3.54. The Balaban J connectivity index is 1.38. The summed E-state index contributed by atoms with van der Waals surface area (Å²) in [6.45, 7) is 0.691. The third-order valence-corrected chi connectivity index (χ3v) is 5.78. The zero-order chi connectivity index (χ0) is 23.1. The van der Waals surface area contributed by atoms with E-state index in [1.165, 1.54) is 10.8 Å². The molecule has 0 amide bonds. The summed E-state index contributed by atoms with van der Waals surface area (Å²) >= 11 is 6.37. The first-order valence-corrected chi connectivity index (χ1v) is 10.9. The van der Waals surface area contributed by atoms with Crippen LogP contribution in [0.5, 0.6) is 0 Å². The lowest BCUT2D eigenvalue weighted by molar-refractivity contribution is 0.687. The van der Waals surface area contributed by atoms with E-state index in [0.29, 0.717) is 40.0 Å². The summed E-state index contributed by atoms with van der Waals surface area (Å²) in [4.78, 5) is 26.7. The molecule has 0 aliphatic carbocycles. The molecule has 6 aromatic rings. The summed E-state index contributed by atoms with van der Waals surface area (Å²) in [5.74, 6) is 0.787. The lowest BCUT2D eigenvalue weighted by Crippen LogP contribution is -2.22. The number of benzene rings is 2. The van der Waals surface area contributed by atoms with Crippen molar-refractivity contribution in [3.05, 3.63) is 107 Å². The summed E-state index contributed by atoms with van der Waals surface area (Å²) in [6, 6.07) is 17.0. The van der Waals surface area contributed by atoms with Gasteiger partial charge in [-0.25, -0.2) is 14.5 Å². The minimum Gasteiger partial charge on any atom is -0.324 e. The van der Waals surface area contributed by atoms with Gasteiger partial charge in [0.05, 0.1) is 17.3 Å². The minimum absolute atomic E-state index is 0.295. The Morgan fingerprint density at radius 1 is 0.941 bits per heavy atom. The Morgan fingerprint density at radius 3 is 2.59 bits per heavy atom. The first-order valence-electron chi connectivity index (χ1n) is 10.5. The molecule has 0 saturated heterocycles. The van der Waals surface area contributed by atoms with Gasteiger partial charge in [-0.3, -0.25) is 13.9 Å². The second-order valence-electron chi connectivity index (χ2n) is 7.65. The Morgan fingerprint density at radius 2 is 1.79 bits per heavy atom. The number of rotatable bonds is 5. The Bertz CT molecular complexity index is 1690. The van der Waals surface area contributed by atoms with Crippen molar-refractivity contribution in [2.45, 2.75) is 6.54 Å². The summed E-state index contributed by atoms with van der Waals surface area (Å²) in [5.41, 5.74) is 2.65. The van der Waals surface area contributed by atoms with Crippen molar-refractivity contribution >= 4 is 40.0 Å². The largest absolute Gasteiger partial charge is 0.324 e. The first-order chi connectivity index (χ1) is 16.7. The standard InChI is InChI=1S/C24H17ClN8O/c25-19-4-1-2-5-20(19)33-22(34)18-14-27-23(30-21(18)32-13-11-26-24(32)33)29-17-8-6-16(7-9-17)15-31-12-3-10-28-31/h1-14H,15H2,(H,27,29,30). The van der Waals surface area contributed by atoms with Crippen molar-refractivity contribution < 1.29 is 0 Å². The number of para-hydroxylation sites is 1. The van der Waals surface area contributed by atoms with E-state index < -0.39 is 0 Å². The number of hydrogen-bond donors (Lipinski definition) is 1. The highest BCUT2D eigenvalue weighted by Crippen LogP contribution is 2.22. The minimum atomic E-state index is -0.295. The number of fused-ring (bicyclic) bond motifs is 3. The molecular formula is C24H17ClN8O. The lowest BCUT2D eigenvalue weighted by Gasteiger charge is -2.12. The van der Waals surface area contributed by atoms with Crippen LogP contribution in [0.4, 0.5) is 11.6 Å². The fraction of sp³-hybridized carbons (Fsp3) is 0.0417. The molecule has 9 nitrogen and oxygen atoms in total. The highest BCUT2D eigenvalue weighted by Gasteiger charge is 2.17. The van der Waals surface area contributed by atoms with Gasteiger partial charge in [0.25, 0.3) is 5.56 Å². The van der Waals surface area contributed by atoms with Crippen LogP contribution in [0.15, 0.2) is 90.4 Å². The average molecular weight is 469 g/mol. The van der Waals surface area contributed by atoms with Crippen molar-refractivity contribution in [2.24, 2.45) is 0 Å². The third-order valence-electron chi connectivity index (χ3n) is 5.46. The molecule has 4 aromatic heterocycles. The molecule has 0 unspecified atom stereocenters. The normalized spacial score (nSPS) is 11.3. The van der Waals surface area contributed by atoms with Crippen molar-refractivity contribution in [2.75, 3.05) is 5.32 Å². The van der Waals surface area contributed by atoms with Crippen LogP contribution in [-0.2, 0) is 6.54 Å². The molecule has 1 N–H and O–H groups in total. The molecule has 0 fully saturated rings. The van der Waals surface area contributed by atoms with Crippen LogP contribution < -0.4 is 10.9 Å². The number of hydrogen-bond acceptors (Lipinski definition) is 6. The fourth-order valence-corrected chi connectivity index (χ4v) is 4.08. The van der Waals surface area contributed by atoms with E-state index in [4.69, 9.17) is 11.6 Å². The summed E-state index contributed by atoms with van der Waals surface area (Å²) < 4.78 is 5.08. The molecule has 34 heavy (non-hydrogen) atoms. The van der Waals surface area contributed by atoms with Gasteiger partial charge in [0.15, 0.2) is 5.65 Å². The molecule has 10 heteroatoms. The van der Waals surface area contributed by atoms with Crippen molar-refractivity contribution in [3.63, 3.8) is 0 Å². The molecule has 4 heterocycles. The second kappa shape index (κ2) is 8.13. The number of halogens is 1. The molecule has 166 valence electrons. The van der Waals surface area contributed by atoms with E-state index in [0.717, 1.165) is 11.3 Å². The SMILES string of the molecule is O=c1c2cnc(Nc3ccc(Cn4cccn4)cc3)nc2n2ccnc2n1-c1ccccc1Cl. The quantitative estimate of drug-likeness (QED) is 0.410. The second-order valence-corrected chi connectivity index (χ2v) is 8.05. The van der Waals surface area contributed by atoms with Crippen molar-refractivity contribution in [3.8, 4) is 5.69 Å². The van der Waals surface area contributed by atoms with E-state index in [-0.39, 0.29) is 5.56 Å². The molecule has 2 aromatic carbocycles. The van der Waals surface area contributed by atoms with Crippen LogP contribution in [0.25, 0.3) is 22.5 Å². The lowest BCUT2D eigenvalue weighted by atomic mass is 10.2. The topological polar surface area (TPSA) is 94.9 Å². The molecule has 0 saturated carbocycles. The van der Waals surface area contributed by atoms with Crippen LogP contribution in [0.3, 0.4) is 0 Å². The number of nitrogens with one attached hydrogen (secondary N) is 1. The molecule has 0 radical (unpaired) electrons. The maximum atomic E-state index is 13.4. The van der Waals surface area contributed by atoms with Crippen LogP contribution in [0.2, 0.25) is 5.02 Å². The number of imidazole rings is 1. The van der Waals surface area contributed by atoms with Crippen LogP contribution >= 0.6 is 11.6 Å². The Hall–Kier alpha value is -4.50. The maximum Gasteiger partial charge on any atom is 0.270 e. The molecule has 0 atom stereocenters. The molecule has 0 aliphatic heterocycles. The number of nitrogens with zero attached hydrogens (tertiary/aromatic N) is 7. The zero-order valence-electron chi connectivity index (χ0n) is 17.7. The Kier molecular flexibility index (Phi) is 4.81. The van der Waals surface area contributed by atoms with E-state index in [9.17, 15) is 4.79 Å². The van der Waals surface area contributed by atoms with Gasteiger partial charge < -0.3 is 5.32 Å². The summed E-state index contributed by atoms with van der Waals surface area (Å²) in [5, 5.41) is 8.23. The zero-order valence-corrected chi connectivity index (χ0v) is 18.5. The van der Waals surface area contributed by atoms with Gasteiger partial charge in [-0.1, -0.05) is 35.9 Å². The molecule has 6 rings (SSSR count). The van der Waals surface area contributed by atoms with Crippen LogP contribution in [0, 0.1) is 0 Å². The monoisotopic (exact) mass is 468 g/mol. The van der Waals surface area contributed by atoms with Crippen molar-refractivity contribution in [1.82, 2.24) is 33.7 Å². The van der Waals surface area contributed by atoms with E-state index >= 15 is 0 Å². The van der Waals surface area contributed by atoms with Gasteiger partial charge in [0.2, 0.25) is 11.7 Å². The summed E-state index contributed by atoms with van der Waals surface area (Å²) in [7, 11) is 0. The van der Waals surface area contributed by atoms with Gasteiger partial charge in [0, 0.05) is 36.7 Å². The van der Waals surface area contributed by atoms with E-state index in [2.05, 4.69) is 25.4 Å². The first kappa shape index (κ1) is 20.1. The smallest absolute Gasteiger partial charge is 0.270 e. The maximum absolute atomic E-state index is 13.4. The fourth-order valence-electron chi connectivity index (χ4n) is 3.86. The molecule has 0 spiro atoms. The number of aromatic nitrogens is 7. The Labute approximate surface area is 197 Å². The van der Waals surface area contributed by atoms with Crippen molar-refractivity contribution in [1.29, 1.82) is 0 Å². The van der Waals surface area contributed by atoms with Gasteiger partial charge in [-0.2, -0.15) is 10.1 Å². The summed E-state index contributed by atoms with van der Waals surface area (Å²) in [6.07, 6.45) is 8.57. The highest BCUT2D eigenvalue weighted by atomic mass is 35.5. The predicted octanol–water partition coefficient (Wildman–Crippen LogP) is 4.07. The predicted molar refractivity (Wildman–Crippen MR) is 130 cm³/mol. The van der Waals surface area contributed by atoms with Gasteiger partial charge in [-0.15, -0.1) is 0 Å². The highest BCUT2D eigenvalue weighted by molar-refractivity contribution is 6.32. The molecule has 0 aliphatic rings. The third kappa shape index (κ3) is 3.48. The van der Waals surface area contributed by atoms with Gasteiger partial charge in [-0.05, 0) is 35.9 Å². The van der Waals surface area contributed by atoms with Gasteiger partial charge in [0.1, 0.15) is 5.39 Å². The van der Waals surface area contributed by atoms with E-state index in [1.807, 2.05) is 53.3 Å². The molecule has 0 bridgehead atoms. The molecular weight excluding hydrogens is 452 g/mol. The van der Waals surface area contributed by atoms with Crippen LogP contribution in [0.1, 0.15) is 5.56 Å².